The van der Waals surface area contributed by atoms with Gasteiger partial charge in [0.1, 0.15) is 0 Å². The summed E-state index contributed by atoms with van der Waals surface area (Å²) in [7, 11) is 0. The van der Waals surface area contributed by atoms with Crippen molar-refractivity contribution in [2.75, 3.05) is 0 Å². The van der Waals surface area contributed by atoms with E-state index in [4.69, 9.17) is 11.6 Å². The lowest BCUT2D eigenvalue weighted by Crippen LogP contribution is -2.19. The van der Waals surface area contributed by atoms with Gasteiger partial charge in [-0.1, -0.05) is 39.7 Å². The van der Waals surface area contributed by atoms with Crippen LogP contribution in [0, 0.1) is 0 Å². The first-order chi connectivity index (χ1) is 12.2. The van der Waals surface area contributed by atoms with Crippen LogP contribution in [0.1, 0.15) is 11.1 Å². The number of nitrogens with zero attached hydrogens (tertiary/aromatic N) is 1. The number of thioether (sulfide) groups is 1. The predicted octanol–water partition coefficient (Wildman–Crippen LogP) is 6.01. The number of hydrogen-bond donors (Lipinski definition) is 1. The van der Waals surface area contributed by atoms with Crippen LogP contribution in [0.25, 0.3) is 6.08 Å². The van der Waals surface area contributed by atoms with Gasteiger partial charge < -0.3 is 5.32 Å². The first-order valence-corrected chi connectivity index (χ1v) is 9.13. The molecule has 0 atom stereocenters. The second kappa shape index (κ2) is 7.46. The number of halogens is 5. The number of aliphatic imine (C=N–C) groups is 1. The molecule has 2 aromatic rings. The van der Waals surface area contributed by atoms with Crippen molar-refractivity contribution >= 4 is 62.1 Å². The summed E-state index contributed by atoms with van der Waals surface area (Å²) < 4.78 is 39.4. The Labute approximate surface area is 164 Å². The summed E-state index contributed by atoms with van der Waals surface area (Å²) >= 11 is 10.3. The molecule has 1 heterocycles. The summed E-state index contributed by atoms with van der Waals surface area (Å²) in [6.45, 7) is 0. The quantitative estimate of drug-likeness (QED) is 0.556. The number of benzene rings is 2. The maximum Gasteiger partial charge on any atom is 0.416 e. The minimum atomic E-state index is -4.50. The number of carbonyl (C=O) groups is 1. The minimum Gasteiger partial charge on any atom is -0.300 e. The van der Waals surface area contributed by atoms with Gasteiger partial charge in [-0.3, -0.25) is 4.79 Å². The van der Waals surface area contributed by atoms with Crippen molar-refractivity contribution in [3.05, 3.63) is 68.0 Å². The van der Waals surface area contributed by atoms with Crippen LogP contribution in [0.2, 0.25) is 5.02 Å². The van der Waals surface area contributed by atoms with Gasteiger partial charge in [-0.25, -0.2) is 4.99 Å². The molecule has 1 aliphatic heterocycles. The van der Waals surface area contributed by atoms with E-state index in [0.29, 0.717) is 4.91 Å². The highest BCUT2D eigenvalue weighted by molar-refractivity contribution is 9.10. The Morgan fingerprint density at radius 2 is 1.85 bits per heavy atom. The van der Waals surface area contributed by atoms with Crippen molar-refractivity contribution in [1.82, 2.24) is 5.32 Å². The molecule has 26 heavy (non-hydrogen) atoms. The van der Waals surface area contributed by atoms with Gasteiger partial charge in [-0.05, 0) is 53.7 Å². The van der Waals surface area contributed by atoms with Gasteiger partial charge in [0.05, 0.1) is 21.2 Å². The van der Waals surface area contributed by atoms with E-state index >= 15 is 0 Å². The predicted molar refractivity (Wildman–Crippen MR) is 101 cm³/mol. The summed E-state index contributed by atoms with van der Waals surface area (Å²) in [5.41, 5.74) is -0.111. The highest BCUT2D eigenvalue weighted by Crippen LogP contribution is 2.36. The number of amidine groups is 1. The van der Waals surface area contributed by atoms with E-state index in [1.54, 1.807) is 6.08 Å². The first kappa shape index (κ1) is 19.0. The number of carbonyl (C=O) groups excluding carboxylic acids is 1. The Hall–Kier alpha value is -1.77. The molecule has 0 radical (unpaired) electrons. The third kappa shape index (κ3) is 4.49. The van der Waals surface area contributed by atoms with Crippen LogP contribution < -0.4 is 5.32 Å². The molecular formula is C17H9BrClF3N2OS. The third-order valence-corrected chi connectivity index (χ3v) is 5.07. The van der Waals surface area contributed by atoms with Crippen molar-refractivity contribution in [1.29, 1.82) is 0 Å². The molecule has 1 saturated heterocycles. The molecule has 134 valence electrons. The van der Waals surface area contributed by atoms with Gasteiger partial charge in [0.2, 0.25) is 0 Å². The lowest BCUT2D eigenvalue weighted by molar-refractivity contribution is -0.137. The van der Waals surface area contributed by atoms with Crippen molar-refractivity contribution in [2.45, 2.75) is 6.18 Å². The molecule has 0 spiro atoms. The molecule has 0 saturated carbocycles. The zero-order chi connectivity index (χ0) is 18.9. The maximum atomic E-state index is 12.8. The Morgan fingerprint density at radius 1 is 1.15 bits per heavy atom. The first-order valence-electron chi connectivity index (χ1n) is 7.14. The fourth-order valence-corrected chi connectivity index (χ4v) is 3.33. The standard InChI is InChI=1S/C17H9BrClF3N2OS/c18-11-4-1-9(2-5-11)7-14-15(25)24-16(26-14)23-13-8-10(17(20,21)22)3-6-12(13)19/h1-8H,(H,23,24,25). The smallest absolute Gasteiger partial charge is 0.300 e. The SMILES string of the molecule is O=C1NC(=Nc2cc(C(F)(F)F)ccc2Cl)SC1=Cc1ccc(Br)cc1. The number of amides is 1. The van der Waals surface area contributed by atoms with Crippen LogP contribution in [-0.4, -0.2) is 11.1 Å². The summed E-state index contributed by atoms with van der Waals surface area (Å²) in [4.78, 5) is 16.5. The lowest BCUT2D eigenvalue weighted by atomic mass is 10.2. The summed E-state index contributed by atoms with van der Waals surface area (Å²) in [5, 5.41) is 2.75. The van der Waals surface area contributed by atoms with Crippen LogP contribution in [0.3, 0.4) is 0 Å². The molecule has 1 aliphatic rings. The number of rotatable bonds is 2. The van der Waals surface area contributed by atoms with E-state index in [9.17, 15) is 18.0 Å². The molecule has 0 bridgehead atoms. The largest absolute Gasteiger partial charge is 0.416 e. The molecule has 9 heteroatoms. The van der Waals surface area contributed by atoms with E-state index < -0.39 is 11.7 Å². The monoisotopic (exact) mass is 460 g/mol. The second-order valence-electron chi connectivity index (χ2n) is 5.20. The minimum absolute atomic E-state index is 0.0608. The third-order valence-electron chi connectivity index (χ3n) is 3.31. The van der Waals surface area contributed by atoms with E-state index in [-0.39, 0.29) is 21.8 Å². The fourth-order valence-electron chi connectivity index (χ4n) is 2.07. The Morgan fingerprint density at radius 3 is 2.50 bits per heavy atom. The van der Waals surface area contributed by atoms with E-state index in [0.717, 1.165) is 40.0 Å². The lowest BCUT2D eigenvalue weighted by Gasteiger charge is -2.08. The molecule has 2 aromatic carbocycles. The highest BCUT2D eigenvalue weighted by atomic mass is 79.9. The Balaban J connectivity index is 1.88. The summed E-state index contributed by atoms with van der Waals surface area (Å²) in [6, 6.07) is 10.2. The van der Waals surface area contributed by atoms with Gasteiger partial charge in [-0.2, -0.15) is 13.2 Å². The zero-order valence-corrected chi connectivity index (χ0v) is 15.9. The number of nitrogens with one attached hydrogen (secondary N) is 1. The average Bonchev–Trinajstić information content (AvgIpc) is 2.90. The van der Waals surface area contributed by atoms with Crippen LogP contribution in [-0.2, 0) is 11.0 Å². The second-order valence-corrected chi connectivity index (χ2v) is 7.55. The van der Waals surface area contributed by atoms with Crippen molar-refractivity contribution < 1.29 is 18.0 Å². The van der Waals surface area contributed by atoms with E-state index in [1.807, 2.05) is 24.3 Å². The van der Waals surface area contributed by atoms with Crippen molar-refractivity contribution in [3.63, 3.8) is 0 Å². The molecule has 1 fully saturated rings. The summed E-state index contributed by atoms with van der Waals surface area (Å²) in [6.07, 6.45) is -2.83. The van der Waals surface area contributed by atoms with Crippen LogP contribution in [0.4, 0.5) is 18.9 Å². The fraction of sp³-hybridized carbons (Fsp3) is 0.0588. The molecule has 1 N–H and O–H groups in total. The van der Waals surface area contributed by atoms with Gasteiger partial charge in [0.15, 0.2) is 5.17 Å². The van der Waals surface area contributed by atoms with Crippen LogP contribution in [0.15, 0.2) is 56.8 Å². The van der Waals surface area contributed by atoms with Gasteiger partial charge in [0, 0.05) is 4.47 Å². The molecule has 1 amide bonds. The molecular weight excluding hydrogens is 453 g/mol. The molecule has 3 rings (SSSR count). The Bertz CT molecular complexity index is 927. The van der Waals surface area contributed by atoms with Gasteiger partial charge in [-0.15, -0.1) is 0 Å². The van der Waals surface area contributed by atoms with Gasteiger partial charge >= 0.3 is 6.18 Å². The molecule has 0 unspecified atom stereocenters. The van der Waals surface area contributed by atoms with Crippen LogP contribution >= 0.6 is 39.3 Å². The van der Waals surface area contributed by atoms with Crippen molar-refractivity contribution in [2.24, 2.45) is 4.99 Å². The van der Waals surface area contributed by atoms with Crippen LogP contribution in [0.5, 0.6) is 0 Å². The number of hydrogen-bond acceptors (Lipinski definition) is 3. The normalized spacial score (nSPS) is 17.8. The molecule has 0 aliphatic carbocycles. The highest BCUT2D eigenvalue weighted by Gasteiger charge is 2.31. The number of alkyl halides is 3. The topological polar surface area (TPSA) is 41.5 Å². The summed E-state index contributed by atoms with van der Waals surface area (Å²) in [5.74, 6) is -0.375. The average molecular weight is 462 g/mol. The van der Waals surface area contributed by atoms with Gasteiger partial charge in [0.25, 0.3) is 5.91 Å². The molecule has 3 nitrogen and oxygen atoms in total. The Kier molecular flexibility index (Phi) is 5.45. The zero-order valence-electron chi connectivity index (χ0n) is 12.8. The maximum absolute atomic E-state index is 12.8. The van der Waals surface area contributed by atoms with E-state index in [2.05, 4.69) is 26.2 Å². The van der Waals surface area contributed by atoms with Crippen molar-refractivity contribution in [3.8, 4) is 0 Å². The molecule has 0 aromatic heterocycles. The van der Waals surface area contributed by atoms with E-state index in [1.165, 1.54) is 0 Å².